The van der Waals surface area contributed by atoms with Gasteiger partial charge in [-0.25, -0.2) is 4.39 Å². The van der Waals surface area contributed by atoms with Gasteiger partial charge in [-0.15, -0.1) is 0 Å². The van der Waals surface area contributed by atoms with Crippen LogP contribution in [0.5, 0.6) is 11.5 Å². The number of phenols is 1. The molecule has 0 radical (unpaired) electrons. The van der Waals surface area contributed by atoms with Crippen LogP contribution >= 0.6 is 0 Å². The van der Waals surface area contributed by atoms with Crippen molar-refractivity contribution in [1.82, 2.24) is 0 Å². The van der Waals surface area contributed by atoms with Crippen molar-refractivity contribution in [3.8, 4) is 11.5 Å². The van der Waals surface area contributed by atoms with Gasteiger partial charge in [0, 0.05) is 0 Å². The summed E-state index contributed by atoms with van der Waals surface area (Å²) in [4.78, 5) is 0. The standard InChI is InChI=1S/C9H11FO3/c1-13-9-3-2-6(4-8(9)12)7(10)5-11/h2-4,7,11-12H,5H2,1H3. The average Bonchev–Trinajstić information content (AvgIpc) is 2.16. The number of benzene rings is 1. The van der Waals surface area contributed by atoms with E-state index in [9.17, 15) is 9.50 Å². The molecule has 0 fully saturated rings. The van der Waals surface area contributed by atoms with E-state index in [-0.39, 0.29) is 17.1 Å². The Bertz CT molecular complexity index is 288. The van der Waals surface area contributed by atoms with E-state index in [1.807, 2.05) is 0 Å². The number of aliphatic hydroxyl groups is 1. The Hall–Kier alpha value is -1.29. The van der Waals surface area contributed by atoms with Gasteiger partial charge < -0.3 is 14.9 Å². The fourth-order valence-electron chi connectivity index (χ4n) is 1.01. The van der Waals surface area contributed by atoms with Gasteiger partial charge in [-0.2, -0.15) is 0 Å². The number of alkyl halides is 1. The molecule has 0 saturated carbocycles. The van der Waals surface area contributed by atoms with Crippen molar-refractivity contribution < 1.29 is 19.3 Å². The van der Waals surface area contributed by atoms with Crippen LogP contribution in [0.4, 0.5) is 4.39 Å². The third-order valence-corrected chi connectivity index (χ3v) is 1.72. The highest BCUT2D eigenvalue weighted by Crippen LogP contribution is 2.29. The van der Waals surface area contributed by atoms with Crippen molar-refractivity contribution in [2.24, 2.45) is 0 Å². The molecule has 1 aromatic carbocycles. The van der Waals surface area contributed by atoms with Gasteiger partial charge in [-0.1, -0.05) is 6.07 Å². The second kappa shape index (κ2) is 4.09. The molecule has 0 bridgehead atoms. The van der Waals surface area contributed by atoms with Gasteiger partial charge in [0.2, 0.25) is 0 Å². The normalized spacial score (nSPS) is 12.5. The Balaban J connectivity index is 2.95. The largest absolute Gasteiger partial charge is 0.504 e. The molecule has 13 heavy (non-hydrogen) atoms. The molecule has 0 aliphatic carbocycles. The number of methoxy groups -OCH3 is 1. The van der Waals surface area contributed by atoms with Crippen LogP contribution in [0.2, 0.25) is 0 Å². The molecule has 1 aromatic rings. The van der Waals surface area contributed by atoms with E-state index in [1.54, 1.807) is 0 Å². The molecule has 0 amide bonds. The molecular weight excluding hydrogens is 175 g/mol. The first-order valence-corrected chi connectivity index (χ1v) is 3.81. The number of phenolic OH excluding ortho intramolecular Hbond substituents is 1. The van der Waals surface area contributed by atoms with E-state index in [1.165, 1.54) is 25.3 Å². The molecule has 1 rings (SSSR count). The van der Waals surface area contributed by atoms with Crippen LogP contribution in [0.25, 0.3) is 0 Å². The first kappa shape index (κ1) is 9.80. The second-order valence-electron chi connectivity index (χ2n) is 2.58. The van der Waals surface area contributed by atoms with Gasteiger partial charge in [-0.05, 0) is 17.7 Å². The summed E-state index contributed by atoms with van der Waals surface area (Å²) >= 11 is 0. The zero-order valence-corrected chi connectivity index (χ0v) is 7.20. The summed E-state index contributed by atoms with van der Waals surface area (Å²) in [6, 6.07) is 4.14. The van der Waals surface area contributed by atoms with Gasteiger partial charge in [0.1, 0.15) is 6.17 Å². The van der Waals surface area contributed by atoms with Crippen molar-refractivity contribution in [3.05, 3.63) is 23.8 Å². The molecule has 2 N–H and O–H groups in total. The number of halogens is 1. The average molecular weight is 186 g/mol. The molecule has 4 heteroatoms. The minimum absolute atomic E-state index is 0.129. The molecule has 0 spiro atoms. The number of aromatic hydroxyl groups is 1. The van der Waals surface area contributed by atoms with Gasteiger partial charge in [0.05, 0.1) is 13.7 Å². The van der Waals surface area contributed by atoms with Crippen LogP contribution in [0.3, 0.4) is 0 Å². The van der Waals surface area contributed by atoms with Crippen molar-refractivity contribution in [1.29, 1.82) is 0 Å². The summed E-state index contributed by atoms with van der Waals surface area (Å²) in [5.74, 6) is 0.157. The highest BCUT2D eigenvalue weighted by atomic mass is 19.1. The zero-order valence-electron chi connectivity index (χ0n) is 7.20. The Morgan fingerprint density at radius 1 is 1.54 bits per heavy atom. The van der Waals surface area contributed by atoms with E-state index >= 15 is 0 Å². The lowest BCUT2D eigenvalue weighted by Gasteiger charge is -2.07. The molecule has 3 nitrogen and oxygen atoms in total. The highest BCUT2D eigenvalue weighted by Gasteiger charge is 2.10. The molecule has 1 atom stereocenters. The fraction of sp³-hybridized carbons (Fsp3) is 0.333. The van der Waals surface area contributed by atoms with Crippen molar-refractivity contribution in [2.45, 2.75) is 6.17 Å². The van der Waals surface area contributed by atoms with E-state index in [0.717, 1.165) is 0 Å². The Morgan fingerprint density at radius 3 is 2.69 bits per heavy atom. The number of aliphatic hydroxyl groups excluding tert-OH is 1. The summed E-state index contributed by atoms with van der Waals surface area (Å²) in [6.07, 6.45) is -1.46. The van der Waals surface area contributed by atoms with Gasteiger partial charge in [-0.3, -0.25) is 0 Å². The van der Waals surface area contributed by atoms with E-state index in [0.29, 0.717) is 0 Å². The van der Waals surface area contributed by atoms with Crippen LogP contribution in [-0.4, -0.2) is 23.9 Å². The molecule has 0 aliphatic rings. The monoisotopic (exact) mass is 186 g/mol. The predicted octanol–water partition coefficient (Wildman–Crippen LogP) is 1.40. The quantitative estimate of drug-likeness (QED) is 0.750. The van der Waals surface area contributed by atoms with E-state index in [4.69, 9.17) is 9.84 Å². The van der Waals surface area contributed by atoms with Gasteiger partial charge in [0.15, 0.2) is 11.5 Å². The summed E-state index contributed by atoms with van der Waals surface area (Å²) in [5, 5.41) is 17.8. The summed E-state index contributed by atoms with van der Waals surface area (Å²) in [5.41, 5.74) is 0.237. The fourth-order valence-corrected chi connectivity index (χ4v) is 1.01. The third kappa shape index (κ3) is 2.09. The topological polar surface area (TPSA) is 49.7 Å². The minimum atomic E-state index is -1.46. The molecule has 72 valence electrons. The van der Waals surface area contributed by atoms with Crippen molar-refractivity contribution >= 4 is 0 Å². The van der Waals surface area contributed by atoms with Crippen molar-refractivity contribution in [3.63, 3.8) is 0 Å². The SMILES string of the molecule is COc1ccc(C(F)CO)cc1O. The number of hydrogen-bond acceptors (Lipinski definition) is 3. The first-order chi connectivity index (χ1) is 6.19. The summed E-state index contributed by atoms with van der Waals surface area (Å²) < 4.78 is 17.7. The minimum Gasteiger partial charge on any atom is -0.504 e. The van der Waals surface area contributed by atoms with Crippen LogP contribution in [0.1, 0.15) is 11.7 Å². The number of ether oxygens (including phenoxy) is 1. The Kier molecular flexibility index (Phi) is 3.08. The lowest BCUT2D eigenvalue weighted by molar-refractivity contribution is 0.179. The maximum atomic E-state index is 12.9. The molecule has 0 saturated heterocycles. The molecule has 1 unspecified atom stereocenters. The molecule has 0 aliphatic heterocycles. The predicted molar refractivity (Wildman–Crippen MR) is 45.6 cm³/mol. The van der Waals surface area contributed by atoms with Crippen LogP contribution < -0.4 is 4.74 Å². The highest BCUT2D eigenvalue weighted by molar-refractivity contribution is 5.42. The smallest absolute Gasteiger partial charge is 0.160 e. The first-order valence-electron chi connectivity index (χ1n) is 3.81. The third-order valence-electron chi connectivity index (χ3n) is 1.72. The molecule has 0 heterocycles. The molecule has 0 aromatic heterocycles. The Labute approximate surface area is 75.4 Å². The van der Waals surface area contributed by atoms with Crippen LogP contribution in [0, 0.1) is 0 Å². The van der Waals surface area contributed by atoms with Crippen molar-refractivity contribution in [2.75, 3.05) is 13.7 Å². The lowest BCUT2D eigenvalue weighted by Crippen LogP contribution is -1.97. The number of rotatable bonds is 3. The lowest BCUT2D eigenvalue weighted by atomic mass is 10.1. The number of hydrogen-bond donors (Lipinski definition) is 2. The molecular formula is C9H11FO3. The van der Waals surface area contributed by atoms with Gasteiger partial charge in [0.25, 0.3) is 0 Å². The van der Waals surface area contributed by atoms with E-state index < -0.39 is 12.8 Å². The summed E-state index contributed by atoms with van der Waals surface area (Å²) in [6.45, 7) is -0.591. The zero-order chi connectivity index (χ0) is 9.84. The van der Waals surface area contributed by atoms with Gasteiger partial charge >= 0.3 is 0 Å². The van der Waals surface area contributed by atoms with Crippen LogP contribution in [0.15, 0.2) is 18.2 Å². The maximum Gasteiger partial charge on any atom is 0.160 e. The maximum absolute atomic E-state index is 12.9. The van der Waals surface area contributed by atoms with Crippen LogP contribution in [-0.2, 0) is 0 Å². The Morgan fingerprint density at radius 2 is 2.23 bits per heavy atom. The second-order valence-corrected chi connectivity index (χ2v) is 2.58. The van der Waals surface area contributed by atoms with E-state index in [2.05, 4.69) is 0 Å². The summed E-state index contributed by atoms with van der Waals surface area (Å²) in [7, 11) is 1.41.